The van der Waals surface area contributed by atoms with Gasteiger partial charge >= 0.3 is 0 Å². The molecule has 1 saturated heterocycles. The van der Waals surface area contributed by atoms with Crippen LogP contribution in [-0.2, 0) is 18.0 Å². The molecule has 1 aromatic rings. The highest BCUT2D eigenvalue weighted by atomic mass is 16.5. The molecule has 2 heterocycles. The van der Waals surface area contributed by atoms with E-state index in [1.807, 2.05) is 30.0 Å². The number of likely N-dealkylation sites (tertiary alicyclic amines) is 1. The molecule has 2 aliphatic heterocycles. The van der Waals surface area contributed by atoms with Crippen molar-refractivity contribution in [1.82, 2.24) is 4.90 Å². The number of ether oxygens (including phenoxy) is 1. The summed E-state index contributed by atoms with van der Waals surface area (Å²) in [6, 6.07) is 6.08. The number of nitrogens with zero attached hydrogens (tertiary/aromatic N) is 1. The van der Waals surface area contributed by atoms with Gasteiger partial charge in [-0.3, -0.25) is 4.79 Å². The molecule has 0 saturated carbocycles. The predicted octanol–water partition coefficient (Wildman–Crippen LogP) is 1.92. The maximum absolute atomic E-state index is 12.6. The van der Waals surface area contributed by atoms with Crippen LogP contribution in [-0.4, -0.2) is 29.9 Å². The van der Waals surface area contributed by atoms with Crippen molar-refractivity contribution in [2.24, 2.45) is 11.7 Å². The Kier molecular flexibility index (Phi) is 3.76. The Morgan fingerprint density at radius 2 is 2.20 bits per heavy atom. The van der Waals surface area contributed by atoms with Crippen LogP contribution in [0.25, 0.3) is 0 Å². The van der Waals surface area contributed by atoms with E-state index >= 15 is 0 Å². The monoisotopic (exact) mass is 274 g/mol. The van der Waals surface area contributed by atoms with E-state index < -0.39 is 0 Å². The van der Waals surface area contributed by atoms with Crippen LogP contribution in [0, 0.1) is 5.92 Å². The number of carbonyl (C=O) groups excluding carboxylic acids is 1. The Hall–Kier alpha value is -1.39. The van der Waals surface area contributed by atoms with E-state index in [1.54, 1.807) is 0 Å². The molecular formula is C16H22N2O2. The van der Waals surface area contributed by atoms with E-state index in [2.05, 4.69) is 0 Å². The van der Waals surface area contributed by atoms with Crippen LogP contribution >= 0.6 is 0 Å². The van der Waals surface area contributed by atoms with Crippen molar-refractivity contribution in [3.05, 3.63) is 34.9 Å². The average Bonchev–Trinajstić information content (AvgIpc) is 2.94. The first-order chi connectivity index (χ1) is 9.65. The Morgan fingerprint density at radius 1 is 1.40 bits per heavy atom. The molecule has 1 fully saturated rings. The minimum Gasteiger partial charge on any atom is -0.372 e. The van der Waals surface area contributed by atoms with E-state index in [0.717, 1.165) is 37.1 Å². The lowest BCUT2D eigenvalue weighted by atomic mass is 9.91. The Bertz CT molecular complexity index is 513. The standard InChI is InChI=1S/C16H22N2O2/c1-11(17)13-3-2-6-18(8-13)16(19)12-4-5-14-9-20-10-15(14)7-12/h4-5,7,11,13H,2-3,6,8-10,17H2,1H3. The van der Waals surface area contributed by atoms with Gasteiger partial charge in [-0.1, -0.05) is 6.07 Å². The number of benzene rings is 1. The van der Waals surface area contributed by atoms with Crippen LogP contribution < -0.4 is 5.73 Å². The van der Waals surface area contributed by atoms with Crippen molar-refractivity contribution >= 4 is 5.91 Å². The number of hydrogen-bond acceptors (Lipinski definition) is 3. The summed E-state index contributed by atoms with van der Waals surface area (Å²) in [5.74, 6) is 0.551. The maximum atomic E-state index is 12.6. The molecule has 2 atom stereocenters. The number of nitrogens with two attached hydrogens (primary N) is 1. The number of amides is 1. The van der Waals surface area contributed by atoms with Crippen molar-refractivity contribution in [2.45, 2.75) is 39.0 Å². The molecule has 20 heavy (non-hydrogen) atoms. The lowest BCUT2D eigenvalue weighted by Gasteiger charge is -2.34. The topological polar surface area (TPSA) is 55.6 Å². The zero-order valence-corrected chi connectivity index (χ0v) is 12.0. The predicted molar refractivity (Wildman–Crippen MR) is 77.2 cm³/mol. The molecule has 3 rings (SSSR count). The second-order valence-electron chi connectivity index (χ2n) is 5.99. The van der Waals surface area contributed by atoms with Gasteiger partial charge in [0.15, 0.2) is 0 Å². The van der Waals surface area contributed by atoms with E-state index in [9.17, 15) is 4.79 Å². The van der Waals surface area contributed by atoms with Gasteiger partial charge in [0.05, 0.1) is 13.2 Å². The molecule has 2 aliphatic rings. The van der Waals surface area contributed by atoms with Crippen molar-refractivity contribution in [3.8, 4) is 0 Å². The third-order valence-electron chi connectivity index (χ3n) is 4.46. The fourth-order valence-electron chi connectivity index (χ4n) is 3.11. The SMILES string of the molecule is CC(N)C1CCCN(C(=O)c2ccc3c(c2)COC3)C1. The normalized spacial score (nSPS) is 23.5. The quantitative estimate of drug-likeness (QED) is 0.896. The van der Waals surface area contributed by atoms with Crippen LogP contribution in [0.3, 0.4) is 0 Å². The lowest BCUT2D eigenvalue weighted by molar-refractivity contribution is 0.0661. The molecule has 0 radical (unpaired) electrons. The summed E-state index contributed by atoms with van der Waals surface area (Å²) < 4.78 is 5.40. The summed E-state index contributed by atoms with van der Waals surface area (Å²) in [7, 11) is 0. The molecule has 4 heteroatoms. The highest BCUT2D eigenvalue weighted by molar-refractivity contribution is 5.94. The van der Waals surface area contributed by atoms with Crippen LogP contribution in [0.4, 0.5) is 0 Å². The van der Waals surface area contributed by atoms with E-state index in [4.69, 9.17) is 10.5 Å². The van der Waals surface area contributed by atoms with Crippen molar-refractivity contribution < 1.29 is 9.53 Å². The fraction of sp³-hybridized carbons (Fsp3) is 0.562. The first-order valence-electron chi connectivity index (χ1n) is 7.39. The second-order valence-corrected chi connectivity index (χ2v) is 5.99. The molecule has 0 spiro atoms. The van der Waals surface area contributed by atoms with Gasteiger partial charge in [-0.25, -0.2) is 0 Å². The Balaban J connectivity index is 1.75. The number of carbonyl (C=O) groups is 1. The van der Waals surface area contributed by atoms with Crippen molar-refractivity contribution in [1.29, 1.82) is 0 Å². The summed E-state index contributed by atoms with van der Waals surface area (Å²) in [6.07, 6.45) is 2.17. The summed E-state index contributed by atoms with van der Waals surface area (Å²) in [6.45, 7) is 4.95. The number of piperidine rings is 1. The highest BCUT2D eigenvalue weighted by Crippen LogP contribution is 2.24. The lowest BCUT2D eigenvalue weighted by Crippen LogP contribution is -2.45. The Morgan fingerprint density at radius 3 is 3.00 bits per heavy atom. The van der Waals surface area contributed by atoms with Gasteiger partial charge in [0.25, 0.3) is 5.91 Å². The molecule has 0 aliphatic carbocycles. The van der Waals surface area contributed by atoms with Gasteiger partial charge in [0, 0.05) is 24.7 Å². The summed E-state index contributed by atoms with van der Waals surface area (Å²) in [4.78, 5) is 14.6. The molecule has 0 bridgehead atoms. The van der Waals surface area contributed by atoms with E-state index in [1.165, 1.54) is 5.56 Å². The third kappa shape index (κ3) is 2.58. The molecule has 2 N–H and O–H groups in total. The molecular weight excluding hydrogens is 252 g/mol. The van der Waals surface area contributed by atoms with E-state index in [0.29, 0.717) is 19.1 Å². The summed E-state index contributed by atoms with van der Waals surface area (Å²) in [5, 5.41) is 0. The number of fused-ring (bicyclic) bond motifs is 1. The van der Waals surface area contributed by atoms with Gasteiger partial charge in [0.1, 0.15) is 0 Å². The number of hydrogen-bond donors (Lipinski definition) is 1. The zero-order valence-electron chi connectivity index (χ0n) is 12.0. The van der Waals surface area contributed by atoms with Crippen LogP contribution in [0.5, 0.6) is 0 Å². The average molecular weight is 274 g/mol. The Labute approximate surface area is 119 Å². The molecule has 2 unspecified atom stereocenters. The first-order valence-corrected chi connectivity index (χ1v) is 7.39. The summed E-state index contributed by atoms with van der Waals surface area (Å²) >= 11 is 0. The van der Waals surface area contributed by atoms with E-state index in [-0.39, 0.29) is 11.9 Å². The minimum atomic E-state index is 0.130. The number of rotatable bonds is 2. The zero-order chi connectivity index (χ0) is 14.1. The highest BCUT2D eigenvalue weighted by Gasteiger charge is 2.27. The van der Waals surface area contributed by atoms with Crippen molar-refractivity contribution in [2.75, 3.05) is 13.1 Å². The minimum absolute atomic E-state index is 0.130. The molecule has 108 valence electrons. The smallest absolute Gasteiger partial charge is 0.253 e. The van der Waals surface area contributed by atoms with Gasteiger partial charge in [-0.2, -0.15) is 0 Å². The molecule has 0 aromatic heterocycles. The fourth-order valence-corrected chi connectivity index (χ4v) is 3.11. The third-order valence-corrected chi connectivity index (χ3v) is 4.46. The van der Waals surface area contributed by atoms with Crippen LogP contribution in [0.15, 0.2) is 18.2 Å². The van der Waals surface area contributed by atoms with Gasteiger partial charge in [-0.15, -0.1) is 0 Å². The first kappa shape index (κ1) is 13.6. The second kappa shape index (κ2) is 5.54. The maximum Gasteiger partial charge on any atom is 0.253 e. The molecule has 1 amide bonds. The largest absolute Gasteiger partial charge is 0.372 e. The van der Waals surface area contributed by atoms with Gasteiger partial charge in [-0.05, 0) is 48.9 Å². The molecule has 4 nitrogen and oxygen atoms in total. The summed E-state index contributed by atoms with van der Waals surface area (Å²) in [5.41, 5.74) is 9.12. The van der Waals surface area contributed by atoms with Crippen LogP contribution in [0.1, 0.15) is 41.3 Å². The van der Waals surface area contributed by atoms with Gasteiger partial charge < -0.3 is 15.4 Å². The van der Waals surface area contributed by atoms with Crippen molar-refractivity contribution in [3.63, 3.8) is 0 Å². The van der Waals surface area contributed by atoms with Crippen LogP contribution in [0.2, 0.25) is 0 Å². The molecule has 1 aromatic carbocycles. The van der Waals surface area contributed by atoms with Gasteiger partial charge in [0.2, 0.25) is 0 Å².